The van der Waals surface area contributed by atoms with Crippen LogP contribution in [0.4, 0.5) is 0 Å². The Bertz CT molecular complexity index is 956. The molecule has 2 aromatic rings. The Balaban J connectivity index is 2.14. The van der Waals surface area contributed by atoms with Crippen LogP contribution in [0.15, 0.2) is 23.5 Å². The van der Waals surface area contributed by atoms with E-state index in [-0.39, 0.29) is 27.8 Å². The number of nitrogens with zero attached hydrogens (tertiary/aromatic N) is 3. The zero-order valence-electron chi connectivity index (χ0n) is 13.1. The first-order valence-electron chi connectivity index (χ1n) is 7.28. The van der Waals surface area contributed by atoms with Crippen molar-refractivity contribution in [2.45, 2.75) is 12.2 Å². The smallest absolute Gasteiger partial charge is 0.220 e. The van der Waals surface area contributed by atoms with Crippen LogP contribution in [0.5, 0.6) is 5.88 Å². The molecule has 25 heavy (non-hydrogen) atoms. The summed E-state index contributed by atoms with van der Waals surface area (Å²) in [7, 11) is -1.19. The lowest BCUT2D eigenvalue weighted by Crippen LogP contribution is -2.10. The van der Waals surface area contributed by atoms with E-state index in [9.17, 15) is 18.3 Å². The summed E-state index contributed by atoms with van der Waals surface area (Å²) in [6.07, 6.45) is 1.70. The Morgan fingerprint density at radius 2 is 2.16 bits per heavy atom. The molecule has 0 fully saturated rings. The van der Waals surface area contributed by atoms with Gasteiger partial charge in [0.15, 0.2) is 0 Å². The van der Waals surface area contributed by atoms with Gasteiger partial charge in [-0.15, -0.1) is 0 Å². The molecular formula is C15H14ClN3O5S. The highest BCUT2D eigenvalue weighted by molar-refractivity contribution is 7.71. The minimum absolute atomic E-state index is 0.00242. The van der Waals surface area contributed by atoms with Crippen molar-refractivity contribution in [3.8, 4) is 5.88 Å². The number of carbonyl (C=O) groups excluding carboxylic acids is 1. The number of aromatic hydroxyl groups is 1. The maximum atomic E-state index is 12.7. The van der Waals surface area contributed by atoms with Gasteiger partial charge >= 0.3 is 0 Å². The van der Waals surface area contributed by atoms with Gasteiger partial charge < -0.3 is 9.94 Å². The molecule has 1 aromatic heterocycles. The van der Waals surface area contributed by atoms with E-state index < -0.39 is 16.5 Å². The number of hydrogen-bond acceptors (Lipinski definition) is 7. The Kier molecular flexibility index (Phi) is 4.78. The van der Waals surface area contributed by atoms with E-state index in [1.807, 2.05) is 0 Å². The largest absolute Gasteiger partial charge is 0.493 e. The molecular weight excluding hydrogens is 370 g/mol. The van der Waals surface area contributed by atoms with Gasteiger partial charge in [0, 0.05) is 24.6 Å². The normalized spacial score (nSPS) is 13.8. The number of hydrogen-bond donors (Lipinski definition) is 2. The third kappa shape index (κ3) is 3.24. The van der Waals surface area contributed by atoms with Gasteiger partial charge in [0.05, 0.1) is 22.7 Å². The van der Waals surface area contributed by atoms with Crippen LogP contribution >= 0.6 is 11.6 Å². The number of aryl methyl sites for hydroxylation is 1. The fourth-order valence-electron chi connectivity index (χ4n) is 2.59. The van der Waals surface area contributed by atoms with E-state index in [2.05, 4.69) is 10.3 Å². The second-order valence-corrected chi connectivity index (χ2v) is 6.77. The molecule has 10 heteroatoms. The number of aromatic nitrogens is 2. The van der Waals surface area contributed by atoms with E-state index in [1.165, 1.54) is 25.4 Å². The second kappa shape index (κ2) is 6.85. The predicted octanol–water partition coefficient (Wildman–Crippen LogP) is 1.25. The molecule has 0 unspecified atom stereocenters. The molecule has 2 heterocycles. The molecule has 3 rings (SSSR count). The van der Waals surface area contributed by atoms with E-state index in [1.54, 1.807) is 0 Å². The number of ketones is 1. The Labute approximate surface area is 149 Å². The highest BCUT2D eigenvalue weighted by Gasteiger charge is 2.26. The second-order valence-electron chi connectivity index (χ2n) is 5.41. The molecule has 1 aliphatic heterocycles. The lowest BCUT2D eigenvalue weighted by molar-refractivity contribution is 0.103. The molecule has 0 saturated carbocycles. The van der Waals surface area contributed by atoms with E-state index >= 15 is 0 Å². The van der Waals surface area contributed by atoms with Gasteiger partial charge in [0.2, 0.25) is 11.7 Å². The average Bonchev–Trinajstić information content (AvgIpc) is 3.18. The standard InChI is InChI=1S/C15H14ClN3O5S/c1-19-15(21)10(6-17-19)14(20)9-3-2-8(7-25(22)23)12(13(9)16)11-4-5-24-18-11/h2-3,6,21,25H,4-5,7H2,1H3. The first-order valence-corrected chi connectivity index (χ1v) is 9.02. The summed E-state index contributed by atoms with van der Waals surface area (Å²) in [5, 5.41) is 17.7. The number of carbonyl (C=O) groups is 1. The van der Waals surface area contributed by atoms with Crippen LogP contribution in [0.3, 0.4) is 0 Å². The first-order chi connectivity index (χ1) is 11.9. The molecule has 0 amide bonds. The molecule has 0 spiro atoms. The third-order valence-corrected chi connectivity index (χ3v) is 4.81. The van der Waals surface area contributed by atoms with Gasteiger partial charge in [0.1, 0.15) is 22.9 Å². The van der Waals surface area contributed by atoms with Crippen molar-refractivity contribution >= 4 is 33.8 Å². The van der Waals surface area contributed by atoms with Crippen LogP contribution in [0.25, 0.3) is 0 Å². The number of rotatable bonds is 5. The molecule has 8 nitrogen and oxygen atoms in total. The van der Waals surface area contributed by atoms with Crippen molar-refractivity contribution < 1.29 is 23.2 Å². The highest BCUT2D eigenvalue weighted by atomic mass is 35.5. The molecule has 0 aliphatic carbocycles. The summed E-state index contributed by atoms with van der Waals surface area (Å²) in [4.78, 5) is 17.7. The van der Waals surface area contributed by atoms with Crippen molar-refractivity contribution in [2.24, 2.45) is 12.2 Å². The number of oxime groups is 1. The van der Waals surface area contributed by atoms with Gasteiger partial charge in [-0.05, 0) is 11.6 Å². The topological polar surface area (TPSA) is 111 Å². The summed E-state index contributed by atoms with van der Waals surface area (Å²) in [5.41, 5.74) is 1.44. The van der Waals surface area contributed by atoms with Gasteiger partial charge in [-0.3, -0.25) is 4.79 Å². The lowest BCUT2D eigenvalue weighted by atomic mass is 9.96. The van der Waals surface area contributed by atoms with Crippen LogP contribution in [-0.2, 0) is 28.3 Å². The van der Waals surface area contributed by atoms with Crippen molar-refractivity contribution in [1.29, 1.82) is 0 Å². The minimum Gasteiger partial charge on any atom is -0.493 e. The van der Waals surface area contributed by atoms with Crippen LogP contribution in [0.2, 0.25) is 5.02 Å². The predicted molar refractivity (Wildman–Crippen MR) is 90.9 cm³/mol. The Hall–Kier alpha value is -2.39. The van der Waals surface area contributed by atoms with Gasteiger partial charge in [-0.2, -0.15) is 5.10 Å². The van der Waals surface area contributed by atoms with Crippen molar-refractivity contribution in [3.05, 3.63) is 45.6 Å². The molecule has 0 atom stereocenters. The van der Waals surface area contributed by atoms with Gasteiger partial charge in [-0.25, -0.2) is 13.1 Å². The lowest BCUT2D eigenvalue weighted by Gasteiger charge is -2.12. The molecule has 0 bridgehead atoms. The van der Waals surface area contributed by atoms with Crippen molar-refractivity contribution in [1.82, 2.24) is 9.78 Å². The fourth-order valence-corrected chi connectivity index (χ4v) is 3.51. The zero-order chi connectivity index (χ0) is 18.1. The summed E-state index contributed by atoms with van der Waals surface area (Å²) in [5.74, 6) is -1.03. The molecule has 0 radical (unpaired) electrons. The number of halogens is 1. The highest BCUT2D eigenvalue weighted by Crippen LogP contribution is 2.31. The van der Waals surface area contributed by atoms with E-state index in [0.717, 1.165) is 4.68 Å². The molecule has 1 aliphatic rings. The third-order valence-electron chi connectivity index (χ3n) is 3.82. The fraction of sp³-hybridized carbons (Fsp3) is 0.267. The molecule has 0 saturated heterocycles. The number of benzene rings is 1. The monoisotopic (exact) mass is 383 g/mol. The SMILES string of the molecule is Cn1ncc(C(=O)c2ccc(C[SH](=O)=O)c(C3=NOCC3)c2Cl)c1O. The van der Waals surface area contributed by atoms with Gasteiger partial charge in [-0.1, -0.05) is 22.8 Å². The quantitative estimate of drug-likeness (QED) is 0.593. The van der Waals surface area contributed by atoms with Crippen LogP contribution in [0.1, 0.15) is 33.5 Å². The van der Waals surface area contributed by atoms with Gasteiger partial charge in [0.25, 0.3) is 0 Å². The van der Waals surface area contributed by atoms with Crippen molar-refractivity contribution in [2.75, 3.05) is 6.61 Å². The minimum atomic E-state index is -2.68. The average molecular weight is 384 g/mol. The summed E-state index contributed by atoms with van der Waals surface area (Å²) >= 11 is 6.42. The molecule has 132 valence electrons. The van der Waals surface area contributed by atoms with E-state index in [0.29, 0.717) is 29.9 Å². The van der Waals surface area contributed by atoms with Crippen LogP contribution < -0.4 is 0 Å². The Morgan fingerprint density at radius 1 is 1.40 bits per heavy atom. The summed E-state index contributed by atoms with van der Waals surface area (Å²) in [6.45, 7) is 0.357. The van der Waals surface area contributed by atoms with Crippen LogP contribution in [-0.4, -0.2) is 41.4 Å². The maximum Gasteiger partial charge on any atom is 0.220 e. The summed E-state index contributed by atoms with van der Waals surface area (Å²) in [6, 6.07) is 2.96. The van der Waals surface area contributed by atoms with Crippen molar-refractivity contribution in [3.63, 3.8) is 0 Å². The maximum absolute atomic E-state index is 12.7. The van der Waals surface area contributed by atoms with Crippen LogP contribution in [0, 0.1) is 0 Å². The van der Waals surface area contributed by atoms with E-state index in [4.69, 9.17) is 16.4 Å². The first kappa shape index (κ1) is 17.4. The molecule has 1 aromatic carbocycles. The summed E-state index contributed by atoms with van der Waals surface area (Å²) < 4.78 is 23.5. The Morgan fingerprint density at radius 3 is 2.72 bits per heavy atom. The number of thiol groups is 1. The molecule has 1 N–H and O–H groups in total. The zero-order valence-corrected chi connectivity index (χ0v) is 14.8.